The number of rotatable bonds is 1. The number of nitriles is 1. The third-order valence-corrected chi connectivity index (χ3v) is 4.67. The summed E-state index contributed by atoms with van der Waals surface area (Å²) in [4.78, 5) is 0. The van der Waals surface area contributed by atoms with E-state index in [1.54, 1.807) is 0 Å². The van der Waals surface area contributed by atoms with Crippen LogP contribution in [0.2, 0.25) is 0 Å². The molecule has 1 heteroatoms. The number of benzene rings is 1. The minimum Gasteiger partial charge on any atom is -0.193 e. The second-order valence-electron chi connectivity index (χ2n) is 5.92. The SMILES string of the molecule is C=C(C#N)C1(C)CCc2c(C)cc(C)c(C)c2C1. The predicted octanol–water partition coefficient (Wildman–Crippen LogP) is 4.19. The van der Waals surface area contributed by atoms with Crippen LogP contribution in [-0.4, -0.2) is 0 Å². The molecule has 1 nitrogen and oxygen atoms in total. The summed E-state index contributed by atoms with van der Waals surface area (Å²) in [5.41, 5.74) is 7.79. The average molecular weight is 239 g/mol. The highest BCUT2D eigenvalue weighted by Gasteiger charge is 2.34. The molecule has 0 amide bonds. The minimum atomic E-state index is -0.0489. The summed E-state index contributed by atoms with van der Waals surface area (Å²) < 4.78 is 0. The molecule has 1 unspecified atom stereocenters. The number of aryl methyl sites for hydroxylation is 2. The van der Waals surface area contributed by atoms with Gasteiger partial charge in [-0.15, -0.1) is 0 Å². The number of hydrogen-bond donors (Lipinski definition) is 0. The van der Waals surface area contributed by atoms with Crippen molar-refractivity contribution in [2.24, 2.45) is 5.41 Å². The molecule has 18 heavy (non-hydrogen) atoms. The normalized spacial score (nSPS) is 22.2. The number of nitrogens with zero attached hydrogens (tertiary/aromatic N) is 1. The summed E-state index contributed by atoms with van der Waals surface area (Å²) in [7, 11) is 0. The lowest BCUT2D eigenvalue weighted by Gasteiger charge is -2.36. The van der Waals surface area contributed by atoms with Crippen LogP contribution in [0.15, 0.2) is 18.2 Å². The van der Waals surface area contributed by atoms with Crippen LogP contribution < -0.4 is 0 Å². The molecule has 0 bridgehead atoms. The molecular formula is C17H21N. The van der Waals surface area contributed by atoms with Crippen molar-refractivity contribution in [1.29, 1.82) is 5.26 Å². The maximum atomic E-state index is 9.13. The van der Waals surface area contributed by atoms with Gasteiger partial charge >= 0.3 is 0 Å². The van der Waals surface area contributed by atoms with Crippen LogP contribution in [0.1, 0.15) is 41.2 Å². The molecule has 0 aromatic heterocycles. The van der Waals surface area contributed by atoms with E-state index >= 15 is 0 Å². The first-order valence-corrected chi connectivity index (χ1v) is 6.57. The quantitative estimate of drug-likeness (QED) is 0.674. The fourth-order valence-electron chi connectivity index (χ4n) is 3.08. The second-order valence-corrected chi connectivity index (χ2v) is 5.92. The molecule has 0 radical (unpaired) electrons. The molecule has 0 N–H and O–H groups in total. The van der Waals surface area contributed by atoms with E-state index in [0.29, 0.717) is 0 Å². The minimum absolute atomic E-state index is 0.0489. The largest absolute Gasteiger partial charge is 0.193 e. The molecule has 1 aromatic carbocycles. The smallest absolute Gasteiger partial charge is 0.0946 e. The maximum absolute atomic E-state index is 9.13. The standard InChI is InChI=1S/C17H21N/c1-11-8-12(2)15-6-7-17(5,13(3)10-18)9-16(15)14(11)4/h8H,3,6-7,9H2,1-2,4-5H3. The van der Waals surface area contributed by atoms with Gasteiger partial charge in [0.15, 0.2) is 0 Å². The predicted molar refractivity (Wildman–Crippen MR) is 75.5 cm³/mol. The lowest BCUT2D eigenvalue weighted by molar-refractivity contribution is 0.352. The molecule has 0 aliphatic heterocycles. The molecule has 0 spiro atoms. The monoisotopic (exact) mass is 239 g/mol. The molecule has 0 heterocycles. The van der Waals surface area contributed by atoms with Crippen LogP contribution >= 0.6 is 0 Å². The summed E-state index contributed by atoms with van der Waals surface area (Å²) in [6, 6.07) is 4.55. The van der Waals surface area contributed by atoms with Gasteiger partial charge in [0.25, 0.3) is 0 Å². The van der Waals surface area contributed by atoms with E-state index in [1.165, 1.54) is 27.8 Å². The van der Waals surface area contributed by atoms with Crippen molar-refractivity contribution in [2.45, 2.75) is 47.0 Å². The summed E-state index contributed by atoms with van der Waals surface area (Å²) in [5, 5.41) is 9.13. The molecule has 0 saturated heterocycles. The Labute approximate surface area is 110 Å². The van der Waals surface area contributed by atoms with Crippen LogP contribution in [0.4, 0.5) is 0 Å². The molecule has 94 valence electrons. The molecular weight excluding hydrogens is 218 g/mol. The number of allylic oxidation sites excluding steroid dienone is 1. The van der Waals surface area contributed by atoms with E-state index < -0.39 is 0 Å². The Bertz CT molecular complexity index is 560. The summed E-state index contributed by atoms with van der Waals surface area (Å²) in [6.07, 6.45) is 3.07. The fraction of sp³-hybridized carbons (Fsp3) is 0.471. The Balaban J connectivity index is 2.53. The lowest BCUT2D eigenvalue weighted by Crippen LogP contribution is -2.28. The van der Waals surface area contributed by atoms with Crippen molar-refractivity contribution in [2.75, 3.05) is 0 Å². The van der Waals surface area contributed by atoms with Crippen molar-refractivity contribution < 1.29 is 0 Å². The van der Waals surface area contributed by atoms with Gasteiger partial charge < -0.3 is 0 Å². The highest BCUT2D eigenvalue weighted by Crippen LogP contribution is 2.42. The van der Waals surface area contributed by atoms with Gasteiger partial charge in [-0.3, -0.25) is 0 Å². The zero-order valence-electron chi connectivity index (χ0n) is 11.9. The summed E-state index contributed by atoms with van der Waals surface area (Å²) >= 11 is 0. The van der Waals surface area contributed by atoms with E-state index in [9.17, 15) is 0 Å². The van der Waals surface area contributed by atoms with Crippen LogP contribution in [-0.2, 0) is 12.8 Å². The van der Waals surface area contributed by atoms with Gasteiger partial charge in [0, 0.05) is 11.0 Å². The fourth-order valence-corrected chi connectivity index (χ4v) is 3.08. The van der Waals surface area contributed by atoms with Gasteiger partial charge in [0.2, 0.25) is 0 Å². The third kappa shape index (κ3) is 1.86. The van der Waals surface area contributed by atoms with Gasteiger partial charge in [0.05, 0.1) is 6.07 Å². The molecule has 0 saturated carbocycles. The Hall–Kier alpha value is -1.55. The Morgan fingerprint density at radius 2 is 1.94 bits per heavy atom. The number of fused-ring (bicyclic) bond motifs is 1. The Morgan fingerprint density at radius 3 is 2.56 bits per heavy atom. The van der Waals surface area contributed by atoms with E-state index in [4.69, 9.17) is 5.26 Å². The van der Waals surface area contributed by atoms with Crippen LogP contribution in [0, 0.1) is 37.5 Å². The first kappa shape index (κ1) is 12.9. The lowest BCUT2D eigenvalue weighted by atomic mass is 9.67. The van der Waals surface area contributed by atoms with Crippen LogP contribution in [0.3, 0.4) is 0 Å². The van der Waals surface area contributed by atoms with E-state index in [2.05, 4.69) is 46.4 Å². The maximum Gasteiger partial charge on any atom is 0.0946 e. The Kier molecular flexibility index (Phi) is 3.07. The zero-order chi connectivity index (χ0) is 13.5. The van der Waals surface area contributed by atoms with Gasteiger partial charge in [-0.05, 0) is 67.9 Å². The first-order valence-electron chi connectivity index (χ1n) is 6.57. The van der Waals surface area contributed by atoms with E-state index in [1.807, 2.05) is 0 Å². The van der Waals surface area contributed by atoms with Gasteiger partial charge in [-0.25, -0.2) is 0 Å². The van der Waals surface area contributed by atoms with Crippen molar-refractivity contribution in [3.8, 4) is 6.07 Å². The molecule has 1 aliphatic carbocycles. The highest BCUT2D eigenvalue weighted by molar-refractivity contribution is 5.48. The van der Waals surface area contributed by atoms with E-state index in [0.717, 1.165) is 24.8 Å². The molecule has 1 aromatic rings. The third-order valence-electron chi connectivity index (χ3n) is 4.67. The molecule has 1 atom stereocenters. The second kappa shape index (κ2) is 4.28. The van der Waals surface area contributed by atoms with E-state index in [-0.39, 0.29) is 5.41 Å². The molecule has 0 fully saturated rings. The van der Waals surface area contributed by atoms with Crippen LogP contribution in [0.25, 0.3) is 0 Å². The highest BCUT2D eigenvalue weighted by atomic mass is 14.4. The molecule has 2 rings (SSSR count). The first-order chi connectivity index (χ1) is 8.39. The zero-order valence-corrected chi connectivity index (χ0v) is 11.9. The number of hydrogen-bond acceptors (Lipinski definition) is 1. The van der Waals surface area contributed by atoms with Crippen molar-refractivity contribution in [3.05, 3.63) is 46.0 Å². The topological polar surface area (TPSA) is 23.8 Å². The van der Waals surface area contributed by atoms with Crippen molar-refractivity contribution in [3.63, 3.8) is 0 Å². The van der Waals surface area contributed by atoms with Crippen molar-refractivity contribution in [1.82, 2.24) is 0 Å². The van der Waals surface area contributed by atoms with Crippen molar-refractivity contribution >= 4 is 0 Å². The van der Waals surface area contributed by atoms with Gasteiger partial charge in [0.1, 0.15) is 0 Å². The summed E-state index contributed by atoms with van der Waals surface area (Å²) in [6.45, 7) is 12.7. The summed E-state index contributed by atoms with van der Waals surface area (Å²) in [5.74, 6) is 0. The molecule has 1 aliphatic rings. The van der Waals surface area contributed by atoms with Gasteiger partial charge in [-0.2, -0.15) is 5.26 Å². The average Bonchev–Trinajstić information content (AvgIpc) is 2.34. The Morgan fingerprint density at radius 1 is 1.28 bits per heavy atom. The van der Waals surface area contributed by atoms with Gasteiger partial charge in [-0.1, -0.05) is 19.6 Å². The van der Waals surface area contributed by atoms with Crippen LogP contribution in [0.5, 0.6) is 0 Å².